The first-order chi connectivity index (χ1) is 12.6. The molecule has 2 aromatic carbocycles. The van der Waals surface area contributed by atoms with Crippen LogP contribution in [0.2, 0.25) is 0 Å². The van der Waals surface area contributed by atoms with Crippen molar-refractivity contribution in [3.8, 4) is 5.75 Å². The van der Waals surface area contributed by atoms with E-state index in [0.717, 1.165) is 11.1 Å². The Morgan fingerprint density at radius 3 is 2.50 bits per heavy atom. The molecule has 0 spiro atoms. The molecule has 0 saturated carbocycles. The molecule has 0 radical (unpaired) electrons. The Bertz CT molecular complexity index is 814. The summed E-state index contributed by atoms with van der Waals surface area (Å²) in [6.45, 7) is 1.63. The average Bonchev–Trinajstić information content (AvgIpc) is 2.69. The zero-order valence-corrected chi connectivity index (χ0v) is 14.7. The Labute approximate surface area is 152 Å². The van der Waals surface area contributed by atoms with Crippen LogP contribution in [0.1, 0.15) is 18.1 Å². The van der Waals surface area contributed by atoms with E-state index in [4.69, 9.17) is 4.74 Å². The lowest BCUT2D eigenvalue weighted by Crippen LogP contribution is -2.34. The topological polar surface area (TPSA) is 79.8 Å². The molecule has 2 N–H and O–H groups in total. The minimum atomic E-state index is -0.403. The van der Waals surface area contributed by atoms with Gasteiger partial charge in [-0.05, 0) is 24.6 Å². The van der Waals surface area contributed by atoms with E-state index in [1.54, 1.807) is 26.2 Å². The molecule has 0 saturated heterocycles. The zero-order valence-electron chi connectivity index (χ0n) is 14.7. The summed E-state index contributed by atoms with van der Waals surface area (Å²) in [7, 11) is 1.56. The van der Waals surface area contributed by atoms with Gasteiger partial charge in [-0.1, -0.05) is 48.5 Å². The predicted molar refractivity (Wildman–Crippen MR) is 102 cm³/mol. The molecule has 0 fully saturated rings. The maximum absolute atomic E-state index is 11.8. The fourth-order valence-electron chi connectivity index (χ4n) is 2.13. The van der Waals surface area contributed by atoms with Crippen molar-refractivity contribution in [2.24, 2.45) is 5.10 Å². The molecule has 6 heteroatoms. The maximum Gasteiger partial charge on any atom is 0.259 e. The number of methoxy groups -OCH3 is 1. The lowest BCUT2D eigenvalue weighted by atomic mass is 10.1. The van der Waals surface area contributed by atoms with Crippen LogP contribution in [0.5, 0.6) is 5.75 Å². The molecular formula is C20H21N3O3. The van der Waals surface area contributed by atoms with Crippen LogP contribution in [-0.4, -0.2) is 31.2 Å². The minimum absolute atomic E-state index is 0.166. The lowest BCUT2D eigenvalue weighted by Gasteiger charge is -2.04. The highest BCUT2D eigenvalue weighted by Gasteiger charge is 2.04. The Kier molecular flexibility index (Phi) is 7.12. The predicted octanol–water partition coefficient (Wildman–Crippen LogP) is 2.37. The van der Waals surface area contributed by atoms with Gasteiger partial charge in [0, 0.05) is 11.6 Å². The molecular weight excluding hydrogens is 330 g/mol. The first-order valence-electron chi connectivity index (χ1n) is 8.07. The summed E-state index contributed by atoms with van der Waals surface area (Å²) in [5.41, 5.74) is 4.79. The van der Waals surface area contributed by atoms with Crippen LogP contribution in [0.4, 0.5) is 0 Å². The molecule has 2 amide bonds. The second kappa shape index (κ2) is 9.78. The Morgan fingerprint density at radius 1 is 1.08 bits per heavy atom. The molecule has 0 heterocycles. The zero-order chi connectivity index (χ0) is 18.8. The van der Waals surface area contributed by atoms with Gasteiger partial charge in [-0.3, -0.25) is 9.59 Å². The number of carbonyl (C=O) groups is 2. The van der Waals surface area contributed by atoms with Crippen LogP contribution in [0.25, 0.3) is 6.08 Å². The molecule has 6 nitrogen and oxygen atoms in total. The van der Waals surface area contributed by atoms with E-state index in [9.17, 15) is 9.59 Å². The van der Waals surface area contributed by atoms with Gasteiger partial charge in [0.2, 0.25) is 5.91 Å². The molecule has 134 valence electrons. The number of benzene rings is 2. The first kappa shape index (κ1) is 18.9. The van der Waals surface area contributed by atoms with Crippen molar-refractivity contribution >= 4 is 23.6 Å². The van der Waals surface area contributed by atoms with Gasteiger partial charge < -0.3 is 10.1 Å². The number of hydrazone groups is 1. The molecule has 0 unspecified atom stereocenters. The van der Waals surface area contributed by atoms with Gasteiger partial charge in [-0.15, -0.1) is 0 Å². The fourth-order valence-corrected chi connectivity index (χ4v) is 2.13. The highest BCUT2D eigenvalue weighted by atomic mass is 16.5. The number of carbonyl (C=O) groups excluding carboxylic acids is 2. The van der Waals surface area contributed by atoms with Crippen molar-refractivity contribution in [3.63, 3.8) is 0 Å². The number of ether oxygens (including phenoxy) is 1. The summed E-state index contributed by atoms with van der Waals surface area (Å²) < 4.78 is 5.20. The van der Waals surface area contributed by atoms with Gasteiger partial charge in [0.1, 0.15) is 5.75 Å². The lowest BCUT2D eigenvalue weighted by molar-refractivity contribution is -0.123. The molecule has 0 aromatic heterocycles. The second-order valence-corrected chi connectivity index (χ2v) is 5.39. The minimum Gasteiger partial charge on any atom is -0.496 e. The Balaban J connectivity index is 1.81. The third-order valence-corrected chi connectivity index (χ3v) is 3.52. The van der Waals surface area contributed by atoms with Crippen LogP contribution in [0.3, 0.4) is 0 Å². The van der Waals surface area contributed by atoms with Crippen LogP contribution < -0.4 is 15.5 Å². The van der Waals surface area contributed by atoms with Gasteiger partial charge >= 0.3 is 0 Å². The third kappa shape index (κ3) is 5.90. The monoisotopic (exact) mass is 351 g/mol. The van der Waals surface area contributed by atoms with Crippen LogP contribution in [-0.2, 0) is 9.59 Å². The number of nitrogens with zero attached hydrogens (tertiary/aromatic N) is 1. The molecule has 0 aliphatic carbocycles. The quantitative estimate of drug-likeness (QED) is 0.457. The highest BCUT2D eigenvalue weighted by Crippen LogP contribution is 2.18. The largest absolute Gasteiger partial charge is 0.496 e. The summed E-state index contributed by atoms with van der Waals surface area (Å²) in [6, 6.07) is 16.8. The molecule has 0 bridgehead atoms. The van der Waals surface area contributed by atoms with E-state index in [2.05, 4.69) is 15.8 Å². The van der Waals surface area contributed by atoms with Crippen molar-refractivity contribution in [3.05, 3.63) is 71.8 Å². The van der Waals surface area contributed by atoms with E-state index >= 15 is 0 Å². The molecule has 0 aliphatic heterocycles. The van der Waals surface area contributed by atoms with Crippen molar-refractivity contribution in [1.29, 1.82) is 0 Å². The summed E-state index contributed by atoms with van der Waals surface area (Å²) in [6.07, 6.45) is 2.98. The SMILES string of the molecule is COc1ccccc1C=CC(=O)NCC(=O)NN=C(C)c1ccccc1. The average molecular weight is 351 g/mol. The molecule has 0 atom stereocenters. The summed E-state index contributed by atoms with van der Waals surface area (Å²) in [4.78, 5) is 23.6. The van der Waals surface area contributed by atoms with Gasteiger partial charge in [0.05, 0.1) is 19.4 Å². The van der Waals surface area contributed by atoms with Gasteiger partial charge in [0.15, 0.2) is 0 Å². The summed E-state index contributed by atoms with van der Waals surface area (Å²) in [5, 5.41) is 6.53. The number of nitrogens with one attached hydrogen (secondary N) is 2. The Hall–Kier alpha value is -3.41. The first-order valence-corrected chi connectivity index (χ1v) is 8.07. The normalized spacial score (nSPS) is 11.2. The van der Waals surface area contributed by atoms with Gasteiger partial charge in [-0.25, -0.2) is 5.43 Å². The Morgan fingerprint density at radius 2 is 1.77 bits per heavy atom. The van der Waals surface area contributed by atoms with E-state index in [0.29, 0.717) is 11.5 Å². The number of rotatable bonds is 7. The fraction of sp³-hybridized carbons (Fsp3) is 0.150. The molecule has 2 aromatic rings. The molecule has 26 heavy (non-hydrogen) atoms. The smallest absolute Gasteiger partial charge is 0.259 e. The standard InChI is InChI=1S/C20H21N3O3/c1-15(16-8-4-3-5-9-16)22-23-20(25)14-21-19(24)13-12-17-10-6-7-11-18(17)26-2/h3-13H,14H2,1-2H3,(H,21,24)(H,23,25). The maximum atomic E-state index is 11.8. The van der Waals surface area contributed by atoms with E-state index in [1.807, 2.05) is 48.5 Å². The second-order valence-electron chi connectivity index (χ2n) is 5.39. The van der Waals surface area contributed by atoms with Crippen molar-refractivity contribution in [2.45, 2.75) is 6.92 Å². The van der Waals surface area contributed by atoms with Crippen molar-refractivity contribution < 1.29 is 14.3 Å². The third-order valence-electron chi connectivity index (χ3n) is 3.52. The number of para-hydroxylation sites is 1. The van der Waals surface area contributed by atoms with E-state index in [1.165, 1.54) is 6.08 Å². The van der Waals surface area contributed by atoms with Gasteiger partial charge in [-0.2, -0.15) is 5.10 Å². The van der Waals surface area contributed by atoms with Crippen molar-refractivity contribution in [1.82, 2.24) is 10.7 Å². The molecule has 0 aliphatic rings. The van der Waals surface area contributed by atoms with Crippen LogP contribution in [0.15, 0.2) is 65.8 Å². The van der Waals surface area contributed by atoms with E-state index in [-0.39, 0.29) is 12.5 Å². The van der Waals surface area contributed by atoms with Crippen LogP contribution >= 0.6 is 0 Å². The number of hydrogen-bond donors (Lipinski definition) is 2. The van der Waals surface area contributed by atoms with Gasteiger partial charge in [0.25, 0.3) is 5.91 Å². The molecule has 2 rings (SSSR count). The highest BCUT2D eigenvalue weighted by molar-refractivity contribution is 5.99. The van der Waals surface area contributed by atoms with Crippen molar-refractivity contribution in [2.75, 3.05) is 13.7 Å². The number of hydrogen-bond acceptors (Lipinski definition) is 4. The summed E-state index contributed by atoms with van der Waals surface area (Å²) in [5.74, 6) is -0.117. The number of amides is 2. The van der Waals surface area contributed by atoms with E-state index < -0.39 is 5.91 Å². The van der Waals surface area contributed by atoms with Crippen LogP contribution in [0, 0.1) is 0 Å². The summed E-state index contributed by atoms with van der Waals surface area (Å²) >= 11 is 0.